The van der Waals surface area contributed by atoms with E-state index in [1.807, 2.05) is 0 Å². The number of hydrogen-bond donors (Lipinski definition) is 3. The van der Waals surface area contributed by atoms with E-state index < -0.39 is 41.4 Å². The lowest BCUT2D eigenvalue weighted by atomic mass is 9.84. The van der Waals surface area contributed by atoms with Crippen LogP contribution in [-0.4, -0.2) is 92.3 Å². The first-order valence-electron chi connectivity index (χ1n) is 13.6. The molecule has 2 atom stereocenters. The van der Waals surface area contributed by atoms with Gasteiger partial charge in [-0.3, -0.25) is 14.7 Å². The number of nitrogens with two attached hydrogens (primary N) is 2. The number of aliphatic hydroxyl groups excluding tert-OH is 1. The number of benzene rings is 1. The van der Waals surface area contributed by atoms with Crippen molar-refractivity contribution in [2.75, 3.05) is 44.4 Å². The highest BCUT2D eigenvalue weighted by molar-refractivity contribution is 5.81. The zero-order chi connectivity index (χ0) is 31.8. The van der Waals surface area contributed by atoms with Gasteiger partial charge in [0.2, 0.25) is 0 Å². The first-order chi connectivity index (χ1) is 20.9. The van der Waals surface area contributed by atoms with Gasteiger partial charge in [-0.15, -0.1) is 0 Å². The molecule has 4 aromatic rings. The van der Waals surface area contributed by atoms with E-state index in [-0.39, 0.29) is 43.1 Å². The smallest absolute Gasteiger partial charge is 0.325 e. The molecule has 16 heteroatoms. The molecular formula is C28H31F4N9O3. The number of aliphatic hydroxyl groups is 1. The topological polar surface area (TPSA) is 162 Å². The molecule has 1 aliphatic heterocycles. The number of rotatable bonds is 9. The van der Waals surface area contributed by atoms with Crippen LogP contribution in [0.5, 0.6) is 5.75 Å². The number of nitrogens with zero attached hydrogens (tertiary/aromatic N) is 7. The number of aromatic nitrogens is 5. The fourth-order valence-corrected chi connectivity index (χ4v) is 5.27. The number of fused-ring (bicyclic) bond motifs is 1. The molecule has 5 N–H and O–H groups in total. The van der Waals surface area contributed by atoms with Gasteiger partial charge in [-0.2, -0.15) is 0 Å². The zero-order valence-corrected chi connectivity index (χ0v) is 23.9. The first-order valence-corrected chi connectivity index (χ1v) is 13.6. The van der Waals surface area contributed by atoms with E-state index >= 15 is 4.39 Å². The number of hydrogen-bond acceptors (Lipinski definition) is 11. The van der Waals surface area contributed by atoms with Gasteiger partial charge in [0.15, 0.2) is 23.0 Å². The number of piperidine rings is 1. The van der Waals surface area contributed by atoms with Gasteiger partial charge in [0, 0.05) is 24.7 Å². The van der Waals surface area contributed by atoms with Crippen LogP contribution in [-0.2, 0) is 11.3 Å². The molecule has 0 unspecified atom stereocenters. The Morgan fingerprint density at radius 1 is 1.16 bits per heavy atom. The molecule has 0 aliphatic carbocycles. The Balaban J connectivity index is 1.55. The number of carbonyl (C=O) groups is 1. The van der Waals surface area contributed by atoms with Crippen LogP contribution >= 0.6 is 0 Å². The largest absolute Gasteiger partial charge is 0.422 e. The fourth-order valence-electron chi connectivity index (χ4n) is 5.27. The first kappa shape index (κ1) is 31.0. The Morgan fingerprint density at radius 2 is 1.93 bits per heavy atom. The lowest BCUT2D eigenvalue weighted by Gasteiger charge is -2.44. The van der Waals surface area contributed by atoms with Crippen LogP contribution in [0, 0.1) is 11.6 Å². The molecule has 12 nitrogen and oxygen atoms in total. The summed E-state index contributed by atoms with van der Waals surface area (Å²) in [4.78, 5) is 32.1. The number of likely N-dealkylation sites (N-methyl/N-ethyl adjacent to an activating group) is 1. The molecule has 0 bridgehead atoms. The Morgan fingerprint density at radius 3 is 2.66 bits per heavy atom. The SMILES string of the molecule is CN(C)CC(=O)Oc1cc(F)c(-c2cc(Cn3cnc4c(N)ncnc43)c(N3CCC[C@](N)([C@H](O)C(F)F)C3)cn2)cc1F. The molecule has 1 saturated heterocycles. The number of ether oxygens (including phenoxy) is 1. The van der Waals surface area contributed by atoms with E-state index in [1.54, 1.807) is 23.6 Å². The number of esters is 1. The number of pyridine rings is 1. The summed E-state index contributed by atoms with van der Waals surface area (Å²) in [5.41, 5.74) is 12.2. The minimum atomic E-state index is -3.04. The van der Waals surface area contributed by atoms with Gasteiger partial charge < -0.3 is 30.8 Å². The van der Waals surface area contributed by atoms with Gasteiger partial charge in [0.1, 0.15) is 23.8 Å². The van der Waals surface area contributed by atoms with Crippen molar-refractivity contribution in [3.8, 4) is 17.0 Å². The van der Waals surface area contributed by atoms with E-state index in [9.17, 15) is 23.1 Å². The number of anilines is 2. The summed E-state index contributed by atoms with van der Waals surface area (Å²) in [5.74, 6) is -3.03. The predicted molar refractivity (Wildman–Crippen MR) is 153 cm³/mol. The maximum Gasteiger partial charge on any atom is 0.325 e. The van der Waals surface area contributed by atoms with Crippen molar-refractivity contribution < 1.29 is 32.2 Å². The molecular weight excluding hydrogens is 586 g/mol. The Kier molecular flexibility index (Phi) is 8.67. The van der Waals surface area contributed by atoms with Gasteiger partial charge in [0.05, 0.1) is 42.5 Å². The maximum atomic E-state index is 15.3. The highest BCUT2D eigenvalue weighted by Gasteiger charge is 2.43. The molecule has 1 fully saturated rings. The molecule has 0 amide bonds. The third-order valence-electron chi connectivity index (χ3n) is 7.43. The minimum Gasteiger partial charge on any atom is -0.422 e. The maximum absolute atomic E-state index is 15.3. The number of imidazole rings is 1. The van der Waals surface area contributed by atoms with Crippen molar-refractivity contribution in [1.29, 1.82) is 0 Å². The zero-order valence-electron chi connectivity index (χ0n) is 23.9. The average molecular weight is 618 g/mol. The van der Waals surface area contributed by atoms with Gasteiger partial charge in [-0.1, -0.05) is 0 Å². The molecule has 0 radical (unpaired) electrons. The number of alkyl halides is 2. The molecule has 0 saturated carbocycles. The molecule has 1 aliphatic rings. The summed E-state index contributed by atoms with van der Waals surface area (Å²) >= 11 is 0. The summed E-state index contributed by atoms with van der Waals surface area (Å²) < 4.78 is 63.9. The highest BCUT2D eigenvalue weighted by Crippen LogP contribution is 2.35. The lowest BCUT2D eigenvalue weighted by Crippen LogP contribution is -2.63. The van der Waals surface area contributed by atoms with Crippen LogP contribution < -0.4 is 21.1 Å². The van der Waals surface area contributed by atoms with Crippen LogP contribution in [0.1, 0.15) is 18.4 Å². The fraction of sp³-hybridized carbons (Fsp3) is 0.393. The van der Waals surface area contributed by atoms with Gasteiger partial charge >= 0.3 is 5.97 Å². The average Bonchev–Trinajstić information content (AvgIpc) is 3.37. The van der Waals surface area contributed by atoms with E-state index in [1.165, 1.54) is 29.8 Å². The summed E-state index contributed by atoms with van der Waals surface area (Å²) in [7, 11) is 3.25. The molecule has 1 aromatic carbocycles. The third kappa shape index (κ3) is 6.27. The van der Waals surface area contributed by atoms with Crippen molar-refractivity contribution in [2.45, 2.75) is 37.5 Å². The minimum absolute atomic E-state index is 0.0496. The second-order valence-electron chi connectivity index (χ2n) is 11.0. The molecule has 44 heavy (non-hydrogen) atoms. The Labute approximate surface area is 249 Å². The monoisotopic (exact) mass is 617 g/mol. The van der Waals surface area contributed by atoms with Crippen LogP contribution in [0.2, 0.25) is 0 Å². The number of halogens is 4. The Hall–Kier alpha value is -4.41. The normalized spacial score (nSPS) is 17.9. The molecule has 5 rings (SSSR count). The van der Waals surface area contributed by atoms with Gasteiger partial charge in [-0.25, -0.2) is 32.5 Å². The van der Waals surface area contributed by atoms with Crippen molar-refractivity contribution >= 4 is 28.6 Å². The van der Waals surface area contributed by atoms with Crippen molar-refractivity contribution in [2.24, 2.45) is 5.73 Å². The summed E-state index contributed by atoms with van der Waals surface area (Å²) in [5, 5.41) is 10.2. The van der Waals surface area contributed by atoms with Gasteiger partial charge in [-0.05, 0) is 44.6 Å². The van der Waals surface area contributed by atoms with E-state index in [2.05, 4.69) is 19.9 Å². The highest BCUT2D eigenvalue weighted by atomic mass is 19.3. The van der Waals surface area contributed by atoms with Crippen molar-refractivity contribution in [3.05, 3.63) is 54.2 Å². The van der Waals surface area contributed by atoms with Crippen molar-refractivity contribution in [1.82, 2.24) is 29.4 Å². The van der Waals surface area contributed by atoms with Crippen molar-refractivity contribution in [3.63, 3.8) is 0 Å². The molecule has 0 spiro atoms. The quantitative estimate of drug-likeness (QED) is 0.143. The summed E-state index contributed by atoms with van der Waals surface area (Å²) in [6.07, 6.45) is -0.331. The second-order valence-corrected chi connectivity index (χ2v) is 11.0. The number of nitrogen functional groups attached to an aromatic ring is 1. The van der Waals surface area contributed by atoms with E-state index in [0.29, 0.717) is 35.4 Å². The number of carbonyl (C=O) groups excluding carboxylic acids is 1. The summed E-state index contributed by atoms with van der Waals surface area (Å²) in [6, 6.07) is 3.18. The van der Waals surface area contributed by atoms with Crippen LogP contribution in [0.3, 0.4) is 0 Å². The molecule has 234 valence electrons. The van der Waals surface area contributed by atoms with Crippen LogP contribution in [0.15, 0.2) is 37.1 Å². The lowest BCUT2D eigenvalue weighted by molar-refractivity contribution is -0.135. The predicted octanol–water partition coefficient (Wildman–Crippen LogP) is 2.19. The summed E-state index contributed by atoms with van der Waals surface area (Å²) in [6.45, 7) is 0.262. The van der Waals surface area contributed by atoms with Crippen LogP contribution in [0.4, 0.5) is 29.1 Å². The van der Waals surface area contributed by atoms with E-state index in [4.69, 9.17) is 16.2 Å². The standard InChI is InChI=1S/C28H31F4N9O3/c1-39(2)11-22(42)44-21-8-17(29)16(7-18(21)30)19-6-15(10-41-14-38-23-26(33)36-13-37-27(23)41)20(9-35-19)40-5-3-4-28(34,12-40)24(43)25(31)32/h6-9,13-14,24-25,43H,3-5,10-12,34H2,1-2H3,(H2,33,36,37)/t24-,28-/m1/s1. The molecule has 3 aromatic heterocycles. The van der Waals surface area contributed by atoms with Crippen LogP contribution in [0.25, 0.3) is 22.4 Å². The molecule has 4 heterocycles. The van der Waals surface area contributed by atoms with Gasteiger partial charge in [0.25, 0.3) is 6.43 Å². The Bertz CT molecular complexity index is 1690. The van der Waals surface area contributed by atoms with E-state index in [0.717, 1.165) is 12.1 Å². The third-order valence-corrected chi connectivity index (χ3v) is 7.43. The second kappa shape index (κ2) is 12.3.